The summed E-state index contributed by atoms with van der Waals surface area (Å²) >= 11 is 3.27. The van der Waals surface area contributed by atoms with E-state index in [9.17, 15) is 30.0 Å². The van der Waals surface area contributed by atoms with Crippen molar-refractivity contribution in [3.05, 3.63) is 69.8 Å². The van der Waals surface area contributed by atoms with Gasteiger partial charge in [-0.2, -0.15) is 0 Å². The van der Waals surface area contributed by atoms with Crippen molar-refractivity contribution in [2.45, 2.75) is 125 Å². The number of ketones is 2. The molecule has 0 aromatic heterocycles. The largest absolute Gasteiger partial charge is 1.00 e. The fourth-order valence-corrected chi connectivity index (χ4v) is 12.8. The first-order chi connectivity index (χ1) is 26.0. The number of allylic oxidation sites excluding steroid dienone is 3. The van der Waals surface area contributed by atoms with Gasteiger partial charge in [0, 0.05) is 48.2 Å². The average Bonchev–Trinajstić information content (AvgIpc) is 3.69. The molecule has 4 heterocycles. The highest BCUT2D eigenvalue weighted by molar-refractivity contribution is 9.09. The van der Waals surface area contributed by atoms with Crippen molar-refractivity contribution < 1.29 is 61.0 Å². The summed E-state index contributed by atoms with van der Waals surface area (Å²) in [6, 6.07) is 7.23. The summed E-state index contributed by atoms with van der Waals surface area (Å²) in [4.78, 5) is 27.6. The highest BCUT2D eigenvalue weighted by atomic mass is 79.9. The Labute approximate surface area is 349 Å². The normalized spacial score (nSPS) is 37.1. The first-order valence-corrected chi connectivity index (χ1v) is 21.0. The molecule has 56 heavy (non-hydrogen) atoms. The Morgan fingerprint density at radius 2 is 1.34 bits per heavy atom. The van der Waals surface area contributed by atoms with E-state index in [1.54, 1.807) is 12.1 Å². The van der Waals surface area contributed by atoms with E-state index in [-0.39, 0.29) is 52.1 Å². The molecular weight excluding hydrogens is 844 g/mol. The second-order valence-electron chi connectivity index (χ2n) is 18.1. The van der Waals surface area contributed by atoms with Crippen molar-refractivity contribution in [3.8, 4) is 23.0 Å². The van der Waals surface area contributed by atoms with Gasteiger partial charge in [0.1, 0.15) is 11.6 Å². The van der Waals surface area contributed by atoms with Gasteiger partial charge in [0.25, 0.3) is 0 Å². The Kier molecular flexibility index (Phi) is 10.5. The highest BCUT2D eigenvalue weighted by Crippen LogP contribution is 2.66. The minimum atomic E-state index is -0.986. The number of likely N-dealkylation sites (N-methyl/N-ethyl adjacent to an activating group) is 2. The lowest BCUT2D eigenvalue weighted by atomic mass is 9.48. The molecule has 4 aliphatic heterocycles. The standard InChI is InChI=1S/C22H27NO4.C17H19NO4.C5H9Br.BrH/c1-13(2)7-10-23(3)11-9-21-18-14-4-5-15(24)19(18)27-20(21)16(25)6-8-22(21,26)17(23)12-14;1-18-7-6-16-13-9-2-3-10(19)14(13)22-15(16)11(20)4-5-17(16,21)12(18)8-9;1-5(2)3-4-6;/h4-5,7,17,20,26H,6,8-12H2,1-3H3;2-3,12,15,19,21H,4-8H2,1H3;3H,4H2,1-2H3;1H/t17-,20+,21+,22-,23?;12-,15+,16+,17-;;/m11../s1. The lowest BCUT2D eigenvalue weighted by Crippen LogP contribution is -3.00. The molecule has 8 aliphatic rings. The second-order valence-corrected chi connectivity index (χ2v) is 18.8. The molecule has 10 rings (SSSR count). The van der Waals surface area contributed by atoms with Crippen LogP contribution in [-0.2, 0) is 33.3 Å². The van der Waals surface area contributed by atoms with Gasteiger partial charge >= 0.3 is 0 Å². The molecule has 2 aromatic rings. The topological polar surface area (TPSA) is 137 Å². The number of phenolic OH excluding ortho intramolecular Hbond substituents is 2. The number of alkyl halides is 1. The summed E-state index contributed by atoms with van der Waals surface area (Å²) in [7, 11) is 4.28. The maximum absolute atomic E-state index is 12.8. The van der Waals surface area contributed by atoms with Crippen LogP contribution >= 0.6 is 15.9 Å². The number of ether oxygens (including phenoxy) is 2. The second kappa shape index (κ2) is 14.2. The molecule has 4 aliphatic carbocycles. The van der Waals surface area contributed by atoms with Gasteiger partial charge in [0.15, 0.2) is 46.8 Å². The number of carbonyl (C=O) groups excluding carboxylic acids is 2. The van der Waals surface area contributed by atoms with Crippen LogP contribution in [0.25, 0.3) is 0 Å². The van der Waals surface area contributed by atoms with Gasteiger partial charge in [-0.25, -0.2) is 0 Å². The van der Waals surface area contributed by atoms with Crippen LogP contribution in [0, 0.1) is 0 Å². The summed E-state index contributed by atoms with van der Waals surface area (Å²) in [5.41, 5.74) is 3.36. The number of aliphatic hydroxyl groups is 2. The molecule has 4 bridgehead atoms. The molecule has 0 amide bonds. The number of carbonyl (C=O) groups is 2. The van der Waals surface area contributed by atoms with Gasteiger partial charge in [0.2, 0.25) is 0 Å². The Balaban J connectivity index is 0.000000150. The first-order valence-electron chi connectivity index (χ1n) is 19.9. The van der Waals surface area contributed by atoms with E-state index < -0.39 is 34.2 Å². The molecule has 2 spiro atoms. The number of quaternary nitrogens is 1. The summed E-state index contributed by atoms with van der Waals surface area (Å²) in [5, 5.41) is 45.4. The minimum Gasteiger partial charge on any atom is -1.00 e. The van der Waals surface area contributed by atoms with E-state index in [2.05, 4.69) is 67.7 Å². The van der Waals surface area contributed by atoms with Crippen LogP contribution in [0.5, 0.6) is 23.0 Å². The van der Waals surface area contributed by atoms with E-state index in [0.717, 1.165) is 64.5 Å². The highest BCUT2D eigenvalue weighted by Gasteiger charge is 2.77. The number of nitrogens with zero attached hydrogens (tertiary/aromatic N) is 2. The number of Topliss-reactive ketones (excluding diaryl/α,β-unsaturated/α-hetero) is 2. The molecule has 2 saturated carbocycles. The fourth-order valence-electron chi connectivity index (χ4n) is 12.1. The van der Waals surface area contributed by atoms with Crippen molar-refractivity contribution in [2.24, 2.45) is 0 Å². The molecule has 2 saturated heterocycles. The Hall–Kier alpha value is -2.74. The average molecular weight is 901 g/mol. The molecule has 0 radical (unpaired) electrons. The van der Waals surface area contributed by atoms with Gasteiger partial charge in [-0.05, 0) is 96.3 Å². The third-order valence-electron chi connectivity index (χ3n) is 14.8. The number of rotatable bonds is 3. The minimum absolute atomic E-state index is 0. The van der Waals surface area contributed by atoms with E-state index in [1.807, 2.05) is 19.2 Å². The third kappa shape index (κ3) is 5.51. The smallest absolute Gasteiger partial charge is 0.174 e. The van der Waals surface area contributed by atoms with Crippen LogP contribution in [0.4, 0.5) is 0 Å². The number of benzene rings is 2. The summed E-state index contributed by atoms with van der Waals surface area (Å²) < 4.78 is 12.8. The van der Waals surface area contributed by atoms with Crippen molar-refractivity contribution in [2.75, 3.05) is 39.1 Å². The molecule has 12 heteroatoms. The van der Waals surface area contributed by atoms with Crippen molar-refractivity contribution in [1.82, 2.24) is 4.90 Å². The predicted molar refractivity (Wildman–Crippen MR) is 212 cm³/mol. The molecule has 9 atom stereocenters. The van der Waals surface area contributed by atoms with Crippen LogP contribution < -0.4 is 26.5 Å². The zero-order valence-corrected chi connectivity index (χ0v) is 36.5. The first kappa shape index (κ1) is 41.4. The van der Waals surface area contributed by atoms with Gasteiger partial charge in [-0.15, -0.1) is 0 Å². The SMILES string of the molecule is CC(C)=CCBr.CC(C)=CC[N+]1(C)CC[C@]23c4c5ccc(O)c4O[C@H]2C(=O)CC[C@@]3(O)[C@H]1C5.CN1CC[C@]23c4c5ccc(O)c4O[C@H]2C(=O)CC[C@@]3(O)[C@H]1C5.[Br-]. The molecule has 1 unspecified atom stereocenters. The van der Waals surface area contributed by atoms with E-state index >= 15 is 0 Å². The Morgan fingerprint density at radius 3 is 1.86 bits per heavy atom. The molecule has 4 fully saturated rings. The van der Waals surface area contributed by atoms with E-state index in [4.69, 9.17) is 9.47 Å². The number of hydrogen-bond donors (Lipinski definition) is 4. The summed E-state index contributed by atoms with van der Waals surface area (Å²) in [6.07, 6.45) is 7.59. The molecule has 2 aromatic carbocycles. The summed E-state index contributed by atoms with van der Waals surface area (Å²) in [6.45, 7) is 11.0. The van der Waals surface area contributed by atoms with Crippen LogP contribution in [0.15, 0.2) is 47.6 Å². The molecule has 10 nitrogen and oxygen atoms in total. The van der Waals surface area contributed by atoms with Gasteiger partial charge in [0.05, 0.1) is 36.6 Å². The van der Waals surface area contributed by atoms with Crippen LogP contribution in [-0.4, -0.2) is 116 Å². The van der Waals surface area contributed by atoms with Crippen LogP contribution in [0.1, 0.15) is 88.5 Å². The zero-order chi connectivity index (χ0) is 39.5. The number of phenols is 2. The lowest BCUT2D eigenvalue weighted by molar-refractivity contribution is -0.944. The Bertz CT molecular complexity index is 2030. The van der Waals surface area contributed by atoms with E-state index in [1.165, 1.54) is 11.1 Å². The summed E-state index contributed by atoms with van der Waals surface area (Å²) in [5.74, 6) is 1.14. The van der Waals surface area contributed by atoms with E-state index in [0.29, 0.717) is 50.0 Å². The Morgan fingerprint density at radius 1 is 0.821 bits per heavy atom. The van der Waals surface area contributed by atoms with Crippen molar-refractivity contribution in [1.29, 1.82) is 0 Å². The van der Waals surface area contributed by atoms with Crippen molar-refractivity contribution >= 4 is 27.5 Å². The number of aromatic hydroxyl groups is 2. The maximum Gasteiger partial charge on any atom is 0.174 e. The van der Waals surface area contributed by atoms with Crippen LogP contribution in [0.3, 0.4) is 0 Å². The van der Waals surface area contributed by atoms with Crippen LogP contribution in [0.2, 0.25) is 0 Å². The lowest BCUT2D eigenvalue weighted by Gasteiger charge is -2.64. The fraction of sp³-hybridized carbons (Fsp3) is 0.591. The van der Waals surface area contributed by atoms with Gasteiger partial charge in [-0.1, -0.05) is 45.3 Å². The number of halogens is 2. The van der Waals surface area contributed by atoms with Crippen molar-refractivity contribution in [3.63, 3.8) is 0 Å². The number of likely N-dealkylation sites (tertiary alicyclic amines) is 2. The number of hydrogen-bond acceptors (Lipinski definition) is 9. The molecule has 304 valence electrons. The maximum atomic E-state index is 12.8. The quantitative estimate of drug-likeness (QED) is 0.208. The monoisotopic (exact) mass is 898 g/mol. The predicted octanol–water partition coefficient (Wildman–Crippen LogP) is 2.32. The van der Waals surface area contributed by atoms with Gasteiger partial charge in [-0.3, -0.25) is 9.59 Å². The zero-order valence-electron chi connectivity index (χ0n) is 33.3. The third-order valence-corrected chi connectivity index (χ3v) is 15.2. The molecular formula is C44H56Br2N2O8. The molecule has 4 N–H and O–H groups in total. The number of piperidine rings is 2. The van der Waals surface area contributed by atoms with Gasteiger partial charge < -0.3 is 56.3 Å².